The molecule has 3 rings (SSSR count). The fraction of sp³-hybridized carbons (Fsp3) is 0.118. The maximum absolute atomic E-state index is 6.27. The number of rotatable bonds is 3. The fourth-order valence-corrected chi connectivity index (χ4v) is 3.09. The van der Waals surface area contributed by atoms with E-state index in [4.69, 9.17) is 11.6 Å². The summed E-state index contributed by atoms with van der Waals surface area (Å²) >= 11 is 8.51. The number of halogens is 2. The summed E-state index contributed by atoms with van der Waals surface area (Å²) in [6.07, 6.45) is 3.82. The third-order valence-electron chi connectivity index (χ3n) is 3.58. The van der Waals surface area contributed by atoms with Crippen molar-refractivity contribution in [2.45, 2.75) is 6.04 Å². The number of hydrogen-bond acceptors (Lipinski definition) is 2. The number of fused-ring (bicyclic) bond motifs is 1. The first-order valence-corrected chi connectivity index (χ1v) is 8.11. The van der Waals surface area contributed by atoms with Gasteiger partial charge in [-0.15, -0.1) is 0 Å². The van der Waals surface area contributed by atoms with Gasteiger partial charge in [-0.2, -0.15) is 0 Å². The average molecular weight is 409 g/mol. The normalized spacial score (nSPS) is 12.5. The Morgan fingerprint density at radius 3 is 2.71 bits per heavy atom. The molecule has 1 heterocycles. The molecule has 0 saturated heterocycles. The molecule has 0 radical (unpaired) electrons. The number of nitrogens with one attached hydrogen (secondary N) is 1. The zero-order valence-electron chi connectivity index (χ0n) is 11.5. The van der Waals surface area contributed by atoms with Crippen LogP contribution in [0.4, 0.5) is 0 Å². The highest BCUT2D eigenvalue weighted by atomic mass is 127. The van der Waals surface area contributed by atoms with Gasteiger partial charge in [0.05, 0.1) is 11.1 Å². The predicted octanol–water partition coefficient (Wildman–Crippen LogP) is 4.80. The summed E-state index contributed by atoms with van der Waals surface area (Å²) in [6, 6.07) is 14.5. The Morgan fingerprint density at radius 2 is 1.95 bits per heavy atom. The average Bonchev–Trinajstić information content (AvgIpc) is 2.52. The monoisotopic (exact) mass is 408 g/mol. The standard InChI is InChI=1S/C17H14ClIN2/c1-20-17(11-6-7-16(19)15(18)8-11)14-10-21-9-12-4-2-3-5-13(12)14/h2-10,17,20H,1H3. The number of hydrogen-bond donors (Lipinski definition) is 1. The van der Waals surface area contributed by atoms with Gasteiger partial charge in [0, 0.05) is 21.4 Å². The van der Waals surface area contributed by atoms with Crippen molar-refractivity contribution in [3.05, 3.63) is 74.6 Å². The molecule has 0 aliphatic rings. The second kappa shape index (κ2) is 6.30. The zero-order valence-corrected chi connectivity index (χ0v) is 14.4. The molecule has 1 aromatic heterocycles. The van der Waals surface area contributed by atoms with Crippen molar-refractivity contribution in [2.75, 3.05) is 7.05 Å². The molecule has 0 aliphatic heterocycles. The van der Waals surface area contributed by atoms with Gasteiger partial charge in [-0.25, -0.2) is 0 Å². The summed E-state index contributed by atoms with van der Waals surface area (Å²) in [5.74, 6) is 0. The maximum atomic E-state index is 6.27. The zero-order chi connectivity index (χ0) is 14.8. The molecule has 1 N–H and O–H groups in total. The van der Waals surface area contributed by atoms with E-state index in [1.807, 2.05) is 37.6 Å². The molecule has 106 valence electrons. The van der Waals surface area contributed by atoms with Crippen molar-refractivity contribution < 1.29 is 0 Å². The van der Waals surface area contributed by atoms with Gasteiger partial charge in [-0.05, 0) is 58.3 Å². The SMILES string of the molecule is CNC(c1ccc(I)c(Cl)c1)c1cncc2ccccc12. The molecule has 0 amide bonds. The van der Waals surface area contributed by atoms with Crippen LogP contribution in [0.1, 0.15) is 17.2 Å². The fourth-order valence-electron chi connectivity index (χ4n) is 2.56. The Kier molecular flexibility index (Phi) is 4.42. The summed E-state index contributed by atoms with van der Waals surface area (Å²) in [6.45, 7) is 0. The van der Waals surface area contributed by atoms with Crippen molar-refractivity contribution in [1.82, 2.24) is 10.3 Å². The Morgan fingerprint density at radius 1 is 1.14 bits per heavy atom. The molecule has 0 spiro atoms. The van der Waals surface area contributed by atoms with E-state index in [2.05, 4.69) is 57.2 Å². The van der Waals surface area contributed by atoms with E-state index in [9.17, 15) is 0 Å². The van der Waals surface area contributed by atoms with Gasteiger partial charge in [-0.3, -0.25) is 4.98 Å². The Balaban J connectivity index is 2.16. The molecule has 21 heavy (non-hydrogen) atoms. The van der Waals surface area contributed by atoms with Crippen molar-refractivity contribution >= 4 is 45.0 Å². The summed E-state index contributed by atoms with van der Waals surface area (Å²) in [4.78, 5) is 4.37. The van der Waals surface area contributed by atoms with Crippen molar-refractivity contribution in [3.8, 4) is 0 Å². The molecule has 4 heteroatoms. The summed E-state index contributed by atoms with van der Waals surface area (Å²) in [5.41, 5.74) is 2.30. The number of nitrogens with zero attached hydrogens (tertiary/aromatic N) is 1. The molecular formula is C17H14ClIN2. The third-order valence-corrected chi connectivity index (χ3v) is 5.15. The highest BCUT2D eigenvalue weighted by Gasteiger charge is 2.16. The van der Waals surface area contributed by atoms with Gasteiger partial charge in [0.25, 0.3) is 0 Å². The van der Waals surface area contributed by atoms with E-state index in [1.165, 1.54) is 5.39 Å². The van der Waals surface area contributed by atoms with Gasteiger partial charge in [0.1, 0.15) is 0 Å². The van der Waals surface area contributed by atoms with Crippen LogP contribution in [0, 0.1) is 3.57 Å². The van der Waals surface area contributed by atoms with E-state index in [0.717, 1.165) is 25.1 Å². The third kappa shape index (κ3) is 2.91. The lowest BCUT2D eigenvalue weighted by atomic mass is 9.96. The van der Waals surface area contributed by atoms with E-state index >= 15 is 0 Å². The molecule has 0 saturated carbocycles. The molecule has 2 nitrogen and oxygen atoms in total. The van der Waals surface area contributed by atoms with Crippen LogP contribution in [0.15, 0.2) is 54.9 Å². The number of pyridine rings is 1. The summed E-state index contributed by atoms with van der Waals surface area (Å²) in [7, 11) is 1.96. The summed E-state index contributed by atoms with van der Waals surface area (Å²) < 4.78 is 1.06. The van der Waals surface area contributed by atoms with Crippen LogP contribution in [0.2, 0.25) is 5.02 Å². The van der Waals surface area contributed by atoms with Crippen LogP contribution in [0.5, 0.6) is 0 Å². The van der Waals surface area contributed by atoms with E-state index < -0.39 is 0 Å². The molecule has 0 fully saturated rings. The largest absolute Gasteiger partial charge is 0.309 e. The highest BCUT2D eigenvalue weighted by Crippen LogP contribution is 2.30. The summed E-state index contributed by atoms with van der Waals surface area (Å²) in [5, 5.41) is 6.51. The van der Waals surface area contributed by atoms with Gasteiger partial charge >= 0.3 is 0 Å². The van der Waals surface area contributed by atoms with E-state index in [0.29, 0.717) is 0 Å². The molecule has 0 aliphatic carbocycles. The molecule has 0 bridgehead atoms. The van der Waals surface area contributed by atoms with Crippen LogP contribution >= 0.6 is 34.2 Å². The first kappa shape index (κ1) is 14.8. The van der Waals surface area contributed by atoms with Gasteiger partial charge in [0.15, 0.2) is 0 Å². The number of benzene rings is 2. The molecule has 1 atom stereocenters. The Hall–Kier alpha value is -1.17. The first-order chi connectivity index (χ1) is 10.2. The number of aromatic nitrogens is 1. The van der Waals surface area contributed by atoms with Crippen LogP contribution in [-0.2, 0) is 0 Å². The van der Waals surface area contributed by atoms with Crippen molar-refractivity contribution in [2.24, 2.45) is 0 Å². The van der Waals surface area contributed by atoms with Crippen LogP contribution in [0.3, 0.4) is 0 Å². The molecular weight excluding hydrogens is 395 g/mol. The van der Waals surface area contributed by atoms with E-state index in [-0.39, 0.29) is 6.04 Å². The lowest BCUT2D eigenvalue weighted by Crippen LogP contribution is -2.18. The second-order valence-corrected chi connectivity index (χ2v) is 6.41. The minimum absolute atomic E-state index is 0.0677. The lowest BCUT2D eigenvalue weighted by Gasteiger charge is -2.19. The van der Waals surface area contributed by atoms with Gasteiger partial charge in [0.2, 0.25) is 0 Å². The van der Waals surface area contributed by atoms with Crippen molar-refractivity contribution in [1.29, 1.82) is 0 Å². The molecule has 1 unspecified atom stereocenters. The van der Waals surface area contributed by atoms with Crippen LogP contribution in [-0.4, -0.2) is 12.0 Å². The van der Waals surface area contributed by atoms with Crippen molar-refractivity contribution in [3.63, 3.8) is 0 Å². The minimum atomic E-state index is 0.0677. The van der Waals surface area contributed by atoms with Crippen LogP contribution in [0.25, 0.3) is 10.8 Å². The quantitative estimate of drug-likeness (QED) is 0.630. The second-order valence-electron chi connectivity index (χ2n) is 4.85. The van der Waals surface area contributed by atoms with Gasteiger partial charge < -0.3 is 5.32 Å². The maximum Gasteiger partial charge on any atom is 0.0596 e. The Bertz CT molecular complexity index is 783. The molecule has 3 aromatic rings. The molecule has 2 aromatic carbocycles. The van der Waals surface area contributed by atoms with Crippen LogP contribution < -0.4 is 5.32 Å². The minimum Gasteiger partial charge on any atom is -0.309 e. The Labute approximate surface area is 142 Å². The van der Waals surface area contributed by atoms with E-state index in [1.54, 1.807) is 0 Å². The van der Waals surface area contributed by atoms with Gasteiger partial charge in [-0.1, -0.05) is 41.9 Å². The smallest absolute Gasteiger partial charge is 0.0596 e. The highest BCUT2D eigenvalue weighted by molar-refractivity contribution is 14.1. The lowest BCUT2D eigenvalue weighted by molar-refractivity contribution is 0.694. The first-order valence-electron chi connectivity index (χ1n) is 6.65. The topological polar surface area (TPSA) is 24.9 Å². The predicted molar refractivity (Wildman–Crippen MR) is 96.8 cm³/mol.